The minimum atomic E-state index is -0.169. The maximum absolute atomic E-state index is 8.77. The summed E-state index contributed by atoms with van der Waals surface area (Å²) < 4.78 is 11.9. The molecule has 43 heavy (non-hydrogen) atoms. The highest BCUT2D eigenvalue weighted by molar-refractivity contribution is 7.12. The van der Waals surface area contributed by atoms with Crippen molar-refractivity contribution in [3.8, 4) is 22.8 Å². The van der Waals surface area contributed by atoms with Crippen molar-refractivity contribution in [3.05, 3.63) is 64.0 Å². The van der Waals surface area contributed by atoms with Gasteiger partial charge in [0.1, 0.15) is 11.5 Å². The first-order valence-corrected chi connectivity index (χ1v) is 17.0. The van der Waals surface area contributed by atoms with Crippen molar-refractivity contribution in [2.75, 3.05) is 13.2 Å². The largest absolute Gasteiger partial charge is 0.494 e. The molecule has 1 saturated carbocycles. The Morgan fingerprint density at radius 3 is 2.05 bits per heavy atom. The minimum absolute atomic E-state index is 0.0883. The summed E-state index contributed by atoms with van der Waals surface area (Å²) in [4.78, 5) is 6.62. The van der Waals surface area contributed by atoms with E-state index in [1.807, 2.05) is 23.5 Å². The van der Waals surface area contributed by atoms with Crippen LogP contribution < -0.4 is 20.9 Å². The van der Waals surface area contributed by atoms with Crippen molar-refractivity contribution in [1.29, 1.82) is 0 Å². The van der Waals surface area contributed by atoms with Gasteiger partial charge in [0.15, 0.2) is 5.84 Å². The van der Waals surface area contributed by atoms with Crippen LogP contribution in [0.3, 0.4) is 0 Å². The van der Waals surface area contributed by atoms with E-state index in [-0.39, 0.29) is 11.4 Å². The van der Waals surface area contributed by atoms with Crippen LogP contribution in [0.2, 0.25) is 0 Å². The van der Waals surface area contributed by atoms with Crippen molar-refractivity contribution in [2.45, 2.75) is 109 Å². The number of hydrogen-bond donors (Lipinski definition) is 3. The highest BCUT2D eigenvalue weighted by Gasteiger charge is 2.29. The fourth-order valence-electron chi connectivity index (χ4n) is 6.11. The van der Waals surface area contributed by atoms with E-state index in [4.69, 9.17) is 31.1 Å². The Hall–Kier alpha value is -3.10. The first-order chi connectivity index (χ1) is 20.9. The normalized spacial score (nSPS) is 14.6. The smallest absolute Gasteiger partial charge is 0.170 e. The zero-order valence-electron chi connectivity index (χ0n) is 26.0. The third-order valence-electron chi connectivity index (χ3n) is 8.39. The van der Waals surface area contributed by atoms with E-state index in [1.165, 1.54) is 42.0 Å². The Morgan fingerprint density at radius 1 is 0.907 bits per heavy atom. The molecule has 1 aliphatic rings. The van der Waals surface area contributed by atoms with E-state index >= 15 is 0 Å². The number of aromatic nitrogens is 1. The quantitative estimate of drug-likeness (QED) is 0.0467. The van der Waals surface area contributed by atoms with Crippen LogP contribution in [0.4, 0.5) is 0 Å². The number of hydrogen-bond acceptors (Lipinski definition) is 7. The van der Waals surface area contributed by atoms with Gasteiger partial charge < -0.3 is 26.1 Å². The molecule has 234 valence electrons. The zero-order valence-corrected chi connectivity index (χ0v) is 26.8. The summed E-state index contributed by atoms with van der Waals surface area (Å²) >= 11 is 1.92. The van der Waals surface area contributed by atoms with Gasteiger partial charge in [-0.2, -0.15) is 0 Å². The van der Waals surface area contributed by atoms with Gasteiger partial charge in [-0.25, -0.2) is 4.98 Å². The summed E-state index contributed by atoms with van der Waals surface area (Å²) in [6.45, 7) is 5.78. The van der Waals surface area contributed by atoms with Crippen LogP contribution in [0.25, 0.3) is 11.3 Å². The highest BCUT2D eigenvalue weighted by Crippen LogP contribution is 2.40. The van der Waals surface area contributed by atoms with Crippen LogP contribution in [-0.2, 0) is 6.42 Å². The summed E-state index contributed by atoms with van der Waals surface area (Å²) in [6.07, 6.45) is 14.6. The third-order valence-corrected chi connectivity index (χ3v) is 9.61. The van der Waals surface area contributed by atoms with E-state index in [9.17, 15) is 0 Å². The zero-order chi connectivity index (χ0) is 30.5. The first kappa shape index (κ1) is 32.8. The summed E-state index contributed by atoms with van der Waals surface area (Å²) in [5.41, 5.74) is 15.4. The van der Waals surface area contributed by atoms with Crippen molar-refractivity contribution in [3.63, 3.8) is 0 Å². The number of nitrogens with zero attached hydrogens (tertiary/aromatic N) is 2. The van der Waals surface area contributed by atoms with E-state index < -0.39 is 0 Å². The Morgan fingerprint density at radius 2 is 1.49 bits per heavy atom. The lowest BCUT2D eigenvalue weighted by Gasteiger charge is -2.29. The highest BCUT2D eigenvalue weighted by atomic mass is 32.1. The summed E-state index contributed by atoms with van der Waals surface area (Å²) in [7, 11) is 0. The number of oxime groups is 1. The number of amidine groups is 1. The monoisotopic (exact) mass is 606 g/mol. The topological polar surface area (TPSA) is 116 Å². The molecule has 7 nitrogen and oxygen atoms in total. The van der Waals surface area contributed by atoms with Gasteiger partial charge in [0.2, 0.25) is 0 Å². The number of unbranched alkanes of at least 4 members (excludes halogenated alkanes) is 2. The molecule has 2 aromatic carbocycles. The van der Waals surface area contributed by atoms with Crippen LogP contribution in [0.5, 0.6) is 11.5 Å². The Balaban J connectivity index is 1.29. The van der Waals surface area contributed by atoms with Crippen molar-refractivity contribution < 1.29 is 14.7 Å². The Kier molecular flexibility index (Phi) is 12.7. The Bertz CT molecular complexity index is 1260. The van der Waals surface area contributed by atoms with Gasteiger partial charge in [-0.15, -0.1) is 11.3 Å². The molecule has 0 bridgehead atoms. The first-order valence-electron chi connectivity index (χ1n) is 16.2. The number of benzene rings is 2. The lowest BCUT2D eigenvalue weighted by atomic mass is 9.85. The summed E-state index contributed by atoms with van der Waals surface area (Å²) in [5, 5.41) is 13.1. The molecule has 0 atom stereocenters. The minimum Gasteiger partial charge on any atom is -0.494 e. The number of nitrogens with two attached hydrogens (primary N) is 2. The van der Waals surface area contributed by atoms with Crippen LogP contribution in [0, 0.1) is 0 Å². The number of rotatable bonds is 17. The third kappa shape index (κ3) is 9.70. The molecule has 5 N–H and O–H groups in total. The lowest BCUT2D eigenvalue weighted by Crippen LogP contribution is -2.41. The molecule has 1 aliphatic carbocycles. The van der Waals surface area contributed by atoms with Crippen molar-refractivity contribution in [2.24, 2.45) is 16.6 Å². The van der Waals surface area contributed by atoms with Gasteiger partial charge in [0, 0.05) is 33.9 Å². The van der Waals surface area contributed by atoms with Crippen LogP contribution in [0.1, 0.15) is 112 Å². The number of thiazole rings is 1. The van der Waals surface area contributed by atoms with E-state index in [2.05, 4.69) is 43.3 Å². The molecule has 0 radical (unpaired) electrons. The second-order valence-corrected chi connectivity index (χ2v) is 13.1. The molecule has 8 heteroatoms. The van der Waals surface area contributed by atoms with Crippen molar-refractivity contribution in [1.82, 2.24) is 4.98 Å². The molecule has 0 amide bonds. The van der Waals surface area contributed by atoms with Crippen LogP contribution >= 0.6 is 11.3 Å². The van der Waals surface area contributed by atoms with Gasteiger partial charge >= 0.3 is 0 Å². The van der Waals surface area contributed by atoms with Gasteiger partial charge in [0.25, 0.3) is 0 Å². The Labute approximate surface area is 261 Å². The average Bonchev–Trinajstić information content (AvgIpc) is 3.44. The molecule has 0 unspecified atom stereocenters. The molecule has 3 aromatic rings. The standard InChI is InChI=1S/C35H50N4O3S/c1-3-21-35(37,22-4-2)25-31-32(38-34(43-31)28-11-7-5-8-12-28)26-13-17-29(18-14-26)41-23-9-6-10-24-42-30-19-15-27(16-20-30)33(36)39-40/h13-20,28,40H,3-12,21-25,37H2,1-2H3,(H2,36,39). The molecular formula is C35H50N4O3S. The van der Waals surface area contributed by atoms with Gasteiger partial charge in [-0.3, -0.25) is 0 Å². The van der Waals surface area contributed by atoms with Gasteiger partial charge in [-0.05, 0) is 93.5 Å². The summed E-state index contributed by atoms with van der Waals surface area (Å²) in [5.74, 6) is 2.34. The van der Waals surface area contributed by atoms with E-state index in [1.54, 1.807) is 12.1 Å². The maximum atomic E-state index is 8.77. The maximum Gasteiger partial charge on any atom is 0.170 e. The molecule has 0 saturated heterocycles. The predicted octanol–water partition coefficient (Wildman–Crippen LogP) is 8.42. The average molecular weight is 607 g/mol. The van der Waals surface area contributed by atoms with Gasteiger partial charge in [0.05, 0.1) is 23.9 Å². The van der Waals surface area contributed by atoms with Crippen LogP contribution in [0.15, 0.2) is 53.7 Å². The molecule has 1 fully saturated rings. The second kappa shape index (κ2) is 16.7. The molecular weight excluding hydrogens is 556 g/mol. The van der Waals surface area contributed by atoms with Crippen LogP contribution in [-0.4, -0.2) is 34.8 Å². The predicted molar refractivity (Wildman–Crippen MR) is 178 cm³/mol. The molecule has 0 aliphatic heterocycles. The molecule has 0 spiro atoms. The second-order valence-electron chi connectivity index (χ2n) is 12.0. The molecule has 1 heterocycles. The fraction of sp³-hybridized carbons (Fsp3) is 0.543. The molecule has 4 rings (SSSR count). The van der Waals surface area contributed by atoms with Gasteiger partial charge in [-0.1, -0.05) is 51.1 Å². The SMILES string of the molecule is CCCC(N)(CCC)Cc1sc(C2CCCCC2)nc1-c1ccc(OCCCCCOc2ccc(C(N)=NO)cc2)cc1. The molecule has 1 aromatic heterocycles. The number of ether oxygens (including phenoxy) is 2. The summed E-state index contributed by atoms with van der Waals surface area (Å²) in [6, 6.07) is 15.7. The lowest BCUT2D eigenvalue weighted by molar-refractivity contribution is 0.279. The van der Waals surface area contributed by atoms with E-state index in [0.717, 1.165) is 74.1 Å². The fourth-order valence-corrected chi connectivity index (χ4v) is 7.52. The van der Waals surface area contributed by atoms with Crippen molar-refractivity contribution >= 4 is 17.2 Å². The van der Waals surface area contributed by atoms with E-state index in [0.29, 0.717) is 24.7 Å².